The Morgan fingerprint density at radius 3 is 1.69 bits per heavy atom. The fraction of sp³-hybridized carbons (Fsp3) is 0.800. The summed E-state index contributed by atoms with van der Waals surface area (Å²) in [4.78, 5) is 2.29. The average molecular weight is 226 g/mol. The Balaban J connectivity index is 5.73. The van der Waals surface area contributed by atoms with E-state index < -0.39 is 29.3 Å². The molecule has 0 heterocycles. The molecule has 13 heavy (non-hydrogen) atoms. The topological polar surface area (TPSA) is 105 Å². The Labute approximate surface area is 77.0 Å². The lowest BCUT2D eigenvalue weighted by molar-refractivity contribution is 0.00381. The molecule has 0 radical (unpaired) electrons. The molecule has 8 heteroatoms. The van der Waals surface area contributed by atoms with Gasteiger partial charge < -0.3 is 5.53 Å². The lowest BCUT2D eigenvalue weighted by Crippen LogP contribution is -2.30. The zero-order valence-corrected chi connectivity index (χ0v) is 9.05. The Morgan fingerprint density at radius 1 is 1.23 bits per heavy atom. The summed E-state index contributed by atoms with van der Waals surface area (Å²) in [5.74, 6) is 0. The van der Waals surface area contributed by atoms with Gasteiger partial charge in [0.1, 0.15) is 0 Å². The number of nitrogens with zero attached hydrogens (tertiary/aromatic N) is 2. The van der Waals surface area contributed by atoms with E-state index in [1.807, 2.05) is 0 Å². The minimum absolute atomic E-state index is 0.669. The second-order valence-electron chi connectivity index (χ2n) is 2.73. The molecule has 0 aliphatic heterocycles. The van der Waals surface area contributed by atoms with Gasteiger partial charge in [0.2, 0.25) is 0 Å². The van der Waals surface area contributed by atoms with Crippen LogP contribution in [0, 0.1) is 0 Å². The van der Waals surface area contributed by atoms with Gasteiger partial charge in [-0.15, -0.1) is 4.79 Å². The summed E-state index contributed by atoms with van der Waals surface area (Å²) in [7, 11) is -8.04. The van der Waals surface area contributed by atoms with Crippen molar-refractivity contribution < 1.29 is 21.6 Å². The van der Waals surface area contributed by atoms with E-state index in [1.165, 1.54) is 13.8 Å². The van der Waals surface area contributed by atoms with E-state index in [0.29, 0.717) is 6.26 Å². The van der Waals surface area contributed by atoms with E-state index in [9.17, 15) is 16.8 Å². The average Bonchev–Trinajstić information content (AvgIpc) is 1.83. The summed E-state index contributed by atoms with van der Waals surface area (Å²) in [6, 6.07) is 0. The van der Waals surface area contributed by atoms with E-state index in [0.717, 1.165) is 0 Å². The van der Waals surface area contributed by atoms with Crippen LogP contribution in [-0.2, 0) is 19.7 Å². The summed E-state index contributed by atoms with van der Waals surface area (Å²) >= 11 is 0. The maximum Gasteiger partial charge on any atom is 0.495 e. The van der Waals surface area contributed by atoms with Gasteiger partial charge in [0, 0.05) is 0 Å². The lowest BCUT2D eigenvalue weighted by atomic mass is 10.6. The number of hydrogen-bond acceptors (Lipinski definition) is 4. The monoisotopic (exact) mass is 226 g/mol. The zero-order chi connectivity index (χ0) is 10.9. The van der Waals surface area contributed by atoms with Crippen LogP contribution in [0.25, 0.3) is 5.53 Å². The molecule has 0 saturated carbocycles. The van der Waals surface area contributed by atoms with Crippen LogP contribution in [0.4, 0.5) is 0 Å². The maximum absolute atomic E-state index is 11.2. The van der Waals surface area contributed by atoms with E-state index >= 15 is 0 Å². The van der Waals surface area contributed by atoms with Gasteiger partial charge >= 0.3 is 4.38 Å². The Bertz CT molecular complexity index is 439. The Morgan fingerprint density at radius 2 is 1.62 bits per heavy atom. The van der Waals surface area contributed by atoms with Crippen molar-refractivity contribution in [1.82, 2.24) is 0 Å². The van der Waals surface area contributed by atoms with Crippen molar-refractivity contribution in [1.29, 1.82) is 0 Å². The number of hydrogen-bond donors (Lipinski definition) is 0. The largest absolute Gasteiger partial charge is 0.495 e. The van der Waals surface area contributed by atoms with Gasteiger partial charge in [-0.05, 0) is 13.8 Å². The summed E-state index contributed by atoms with van der Waals surface area (Å²) in [6.45, 7) is 2.59. The van der Waals surface area contributed by atoms with Gasteiger partial charge in [-0.25, -0.2) is 16.8 Å². The minimum Gasteiger partial charge on any atom is -0.359 e. The first kappa shape index (κ1) is 12.3. The molecule has 0 amide bonds. The predicted octanol–water partition coefficient (Wildman–Crippen LogP) is -0.560. The first-order valence-electron chi connectivity index (χ1n) is 3.30. The summed E-state index contributed by atoms with van der Waals surface area (Å²) < 4.78 is 43.0. The summed E-state index contributed by atoms with van der Waals surface area (Å²) in [5, 5.41) is -0.937. The van der Waals surface area contributed by atoms with E-state index in [1.54, 1.807) is 0 Å². The molecule has 0 saturated heterocycles. The van der Waals surface area contributed by atoms with E-state index in [-0.39, 0.29) is 0 Å². The molecule has 76 valence electrons. The quantitative estimate of drug-likeness (QED) is 0.258. The van der Waals surface area contributed by atoms with Crippen LogP contribution < -0.4 is 0 Å². The maximum atomic E-state index is 11.2. The minimum atomic E-state index is -4.03. The highest BCUT2D eigenvalue weighted by atomic mass is 32.3. The molecule has 0 rings (SSSR count). The molecule has 0 fully saturated rings. The number of rotatable bonds is 1. The molecule has 0 aromatic rings. The van der Waals surface area contributed by atoms with Crippen LogP contribution in [0.1, 0.15) is 13.8 Å². The van der Waals surface area contributed by atoms with E-state index in [2.05, 4.69) is 4.79 Å². The van der Waals surface area contributed by atoms with Gasteiger partial charge in [-0.2, -0.15) is 0 Å². The fourth-order valence-electron chi connectivity index (χ4n) is 0.544. The van der Waals surface area contributed by atoms with Crippen LogP contribution in [0.2, 0.25) is 0 Å². The molecule has 0 aliphatic carbocycles. The molecule has 0 N–H and O–H groups in total. The standard InChI is InChI=1S/C5H10N2O4S2/c1-4(2)13(10,11)5(7-6)12(3,8)9/h4H,1-3H3. The first-order valence-corrected chi connectivity index (χ1v) is 6.73. The first-order chi connectivity index (χ1) is 5.64. The van der Waals surface area contributed by atoms with Crippen LogP contribution in [0.5, 0.6) is 0 Å². The molecular weight excluding hydrogens is 216 g/mol. The van der Waals surface area contributed by atoms with Crippen molar-refractivity contribution in [2.24, 2.45) is 0 Å². The highest BCUT2D eigenvalue weighted by Gasteiger charge is 2.40. The van der Waals surface area contributed by atoms with E-state index in [4.69, 9.17) is 5.53 Å². The van der Waals surface area contributed by atoms with Gasteiger partial charge in [-0.3, -0.25) is 0 Å². The predicted molar refractivity (Wildman–Crippen MR) is 47.5 cm³/mol. The van der Waals surface area contributed by atoms with Crippen LogP contribution in [0.15, 0.2) is 0 Å². The fourth-order valence-corrected chi connectivity index (χ4v) is 3.47. The van der Waals surface area contributed by atoms with Gasteiger partial charge in [-0.1, -0.05) is 0 Å². The highest BCUT2D eigenvalue weighted by Crippen LogP contribution is 2.06. The smallest absolute Gasteiger partial charge is 0.359 e. The third kappa shape index (κ3) is 2.61. The van der Waals surface area contributed by atoms with Gasteiger partial charge in [0.15, 0.2) is 0 Å². The zero-order valence-electron chi connectivity index (χ0n) is 7.42. The van der Waals surface area contributed by atoms with Crippen molar-refractivity contribution >= 4 is 24.1 Å². The SMILES string of the molecule is CC(C)S(=O)(=O)C(=[N+]=[N-])S(C)(=O)=O. The number of sulfone groups is 2. The van der Waals surface area contributed by atoms with Crippen LogP contribution >= 0.6 is 0 Å². The van der Waals surface area contributed by atoms with Crippen LogP contribution in [-0.4, -0.2) is 37.5 Å². The molecular formula is C5H10N2O4S2. The molecule has 0 aromatic heterocycles. The van der Waals surface area contributed by atoms with Crippen molar-refractivity contribution in [3.8, 4) is 0 Å². The summed E-state index contributed by atoms with van der Waals surface area (Å²) in [6.07, 6.45) is 0.669. The Hall–Kier alpha value is -0.720. The van der Waals surface area contributed by atoms with Crippen LogP contribution in [0.3, 0.4) is 0 Å². The van der Waals surface area contributed by atoms with Crippen molar-refractivity contribution in [3.63, 3.8) is 0 Å². The van der Waals surface area contributed by atoms with Crippen molar-refractivity contribution in [2.75, 3.05) is 6.26 Å². The van der Waals surface area contributed by atoms with Gasteiger partial charge in [0.05, 0.1) is 11.5 Å². The molecule has 0 aromatic carbocycles. The molecule has 0 aliphatic rings. The molecule has 0 unspecified atom stereocenters. The van der Waals surface area contributed by atoms with Gasteiger partial charge in [0.25, 0.3) is 19.7 Å². The Kier molecular flexibility index (Phi) is 3.37. The van der Waals surface area contributed by atoms with Crippen molar-refractivity contribution in [2.45, 2.75) is 19.1 Å². The molecule has 0 atom stereocenters. The molecule has 0 bridgehead atoms. The lowest BCUT2D eigenvalue weighted by Gasteiger charge is -2.00. The third-order valence-electron chi connectivity index (χ3n) is 1.26. The van der Waals surface area contributed by atoms with Crippen molar-refractivity contribution in [3.05, 3.63) is 5.53 Å². The normalized spacial score (nSPS) is 12.6. The summed E-state index contributed by atoms with van der Waals surface area (Å²) in [5.41, 5.74) is 8.28. The third-order valence-corrected chi connectivity index (χ3v) is 5.39. The molecule has 0 spiro atoms. The second-order valence-corrected chi connectivity index (χ2v) is 7.34. The molecule has 6 nitrogen and oxygen atoms in total. The highest BCUT2D eigenvalue weighted by molar-refractivity contribution is 8.30. The second kappa shape index (κ2) is 3.57.